The summed E-state index contributed by atoms with van der Waals surface area (Å²) in [5.74, 6) is -6.17. The normalized spacial score (nSPS) is 13.1. The van der Waals surface area contributed by atoms with Crippen molar-refractivity contribution in [2.75, 3.05) is 0 Å². The van der Waals surface area contributed by atoms with Crippen molar-refractivity contribution < 1.29 is 31.1 Å². The van der Waals surface area contributed by atoms with Crippen LogP contribution in [0.4, 0.5) is 26.3 Å². The van der Waals surface area contributed by atoms with E-state index in [-0.39, 0.29) is 6.54 Å². The molecular weight excluding hydrogens is 268 g/mol. The summed E-state index contributed by atoms with van der Waals surface area (Å²) in [5, 5.41) is 6.33. The predicted molar refractivity (Wildman–Crippen MR) is 45.6 cm³/mol. The molecule has 0 aliphatic heterocycles. The van der Waals surface area contributed by atoms with Gasteiger partial charge in [-0.15, -0.1) is 5.10 Å². The molecule has 10 heteroatoms. The number of alkyl halides is 6. The first kappa shape index (κ1) is 14.5. The van der Waals surface area contributed by atoms with E-state index in [1.165, 1.54) is 6.92 Å². The van der Waals surface area contributed by atoms with Gasteiger partial charge in [-0.05, 0) is 6.92 Å². The van der Waals surface area contributed by atoms with Gasteiger partial charge in [0.1, 0.15) is 5.69 Å². The van der Waals surface area contributed by atoms with Gasteiger partial charge in [0.2, 0.25) is 11.7 Å². The Morgan fingerprint density at radius 3 is 2.17 bits per heavy atom. The fourth-order valence-corrected chi connectivity index (χ4v) is 1.31. The molecule has 0 unspecified atom stereocenters. The summed E-state index contributed by atoms with van der Waals surface area (Å²) in [7, 11) is 0. The second-order valence-electron chi connectivity index (χ2n) is 3.32. The average molecular weight is 275 g/mol. The van der Waals surface area contributed by atoms with Gasteiger partial charge in [0.25, 0.3) is 0 Å². The Labute approximate surface area is 96.6 Å². The Morgan fingerprint density at radius 1 is 1.28 bits per heavy atom. The summed E-state index contributed by atoms with van der Waals surface area (Å²) in [4.78, 5) is 11.3. The molecule has 1 heterocycles. The molecule has 0 fully saturated rings. The maximum Gasteiger partial charge on any atom is 0.407 e. The summed E-state index contributed by atoms with van der Waals surface area (Å²) in [6, 6.07) is 0. The topological polar surface area (TPSA) is 47.8 Å². The van der Waals surface area contributed by atoms with Gasteiger partial charge in [0.05, 0.1) is 6.20 Å². The number of hydrogen-bond donors (Lipinski definition) is 0. The second kappa shape index (κ2) is 4.58. The molecule has 0 saturated carbocycles. The van der Waals surface area contributed by atoms with Crippen LogP contribution in [0.15, 0.2) is 6.20 Å². The molecule has 0 aliphatic carbocycles. The molecule has 0 saturated heterocycles. The molecule has 18 heavy (non-hydrogen) atoms. The zero-order chi connectivity index (χ0) is 14.1. The third-order valence-corrected chi connectivity index (χ3v) is 2.09. The monoisotopic (exact) mass is 275 g/mol. The van der Waals surface area contributed by atoms with Gasteiger partial charge in [-0.2, -0.15) is 26.3 Å². The zero-order valence-electron chi connectivity index (χ0n) is 8.88. The van der Waals surface area contributed by atoms with Gasteiger partial charge < -0.3 is 0 Å². The van der Waals surface area contributed by atoms with Crippen molar-refractivity contribution in [3.63, 3.8) is 0 Å². The lowest BCUT2D eigenvalue weighted by molar-refractivity contribution is -0.265. The van der Waals surface area contributed by atoms with Gasteiger partial charge in [0, 0.05) is 6.54 Å². The number of carbonyl (C=O) groups is 1. The van der Waals surface area contributed by atoms with Crippen LogP contribution < -0.4 is 0 Å². The molecule has 1 aromatic rings. The Kier molecular flexibility index (Phi) is 3.67. The van der Waals surface area contributed by atoms with Gasteiger partial charge in [0.15, 0.2) is 0 Å². The van der Waals surface area contributed by atoms with Gasteiger partial charge in [-0.3, -0.25) is 4.79 Å². The van der Waals surface area contributed by atoms with Crippen LogP contribution in [0.1, 0.15) is 17.4 Å². The number of carbonyl (C=O) groups excluding carboxylic acids is 1. The molecule has 102 valence electrons. The molecule has 1 aromatic heterocycles. The van der Waals surface area contributed by atoms with E-state index in [4.69, 9.17) is 0 Å². The van der Waals surface area contributed by atoms with Crippen LogP contribution in [-0.2, 0) is 6.54 Å². The van der Waals surface area contributed by atoms with E-state index in [0.29, 0.717) is 10.9 Å². The van der Waals surface area contributed by atoms with Gasteiger partial charge in [-0.25, -0.2) is 4.68 Å². The van der Waals surface area contributed by atoms with E-state index in [9.17, 15) is 31.1 Å². The minimum Gasteiger partial charge on any atom is -0.291 e. The number of rotatable bonds is 3. The van der Waals surface area contributed by atoms with E-state index in [1.807, 2.05) is 0 Å². The summed E-state index contributed by atoms with van der Waals surface area (Å²) in [6.45, 7) is 1.34. The quantitative estimate of drug-likeness (QED) is 0.627. The maximum absolute atomic E-state index is 12.3. The van der Waals surface area contributed by atoms with Crippen molar-refractivity contribution in [1.29, 1.82) is 0 Å². The lowest BCUT2D eigenvalue weighted by Gasteiger charge is -2.21. The van der Waals surface area contributed by atoms with Crippen LogP contribution >= 0.6 is 0 Å². The van der Waals surface area contributed by atoms with Crippen molar-refractivity contribution in [3.05, 3.63) is 11.9 Å². The smallest absolute Gasteiger partial charge is 0.291 e. The number of aromatic nitrogens is 3. The van der Waals surface area contributed by atoms with Gasteiger partial charge in [-0.1, -0.05) is 5.21 Å². The zero-order valence-corrected chi connectivity index (χ0v) is 8.88. The highest BCUT2D eigenvalue weighted by Gasteiger charge is 2.61. The first-order valence-electron chi connectivity index (χ1n) is 4.65. The largest absolute Gasteiger partial charge is 0.407 e. The standard InChI is InChI=1S/C8H7F6N3O/c1-2-17-4(3-15-16-17)5(18)6(7(9,10)11)8(12,13)14/h3,6H,2H2,1H3. The molecule has 0 atom stereocenters. The van der Waals surface area contributed by atoms with Crippen molar-refractivity contribution >= 4 is 5.78 Å². The number of halogens is 6. The van der Waals surface area contributed by atoms with Crippen molar-refractivity contribution in [3.8, 4) is 0 Å². The van der Waals surface area contributed by atoms with Crippen LogP contribution in [0.5, 0.6) is 0 Å². The van der Waals surface area contributed by atoms with Crippen molar-refractivity contribution in [1.82, 2.24) is 15.0 Å². The lowest BCUT2D eigenvalue weighted by Crippen LogP contribution is -2.43. The van der Waals surface area contributed by atoms with Crippen LogP contribution in [0.25, 0.3) is 0 Å². The number of Topliss-reactive ketones (excluding diaryl/α,β-unsaturated/α-hetero) is 1. The molecule has 0 radical (unpaired) electrons. The number of hydrogen-bond acceptors (Lipinski definition) is 3. The van der Waals surface area contributed by atoms with Crippen LogP contribution in [0.2, 0.25) is 0 Å². The van der Waals surface area contributed by atoms with Gasteiger partial charge >= 0.3 is 12.4 Å². The van der Waals surface area contributed by atoms with E-state index >= 15 is 0 Å². The third-order valence-electron chi connectivity index (χ3n) is 2.09. The van der Waals surface area contributed by atoms with Crippen molar-refractivity contribution in [2.45, 2.75) is 25.8 Å². The summed E-state index contributed by atoms with van der Waals surface area (Å²) in [6.07, 6.45) is -10.8. The van der Waals surface area contributed by atoms with E-state index in [1.54, 1.807) is 0 Å². The average Bonchev–Trinajstić information content (AvgIpc) is 2.59. The fourth-order valence-electron chi connectivity index (χ4n) is 1.31. The van der Waals surface area contributed by atoms with Crippen LogP contribution in [-0.4, -0.2) is 33.1 Å². The molecular formula is C8H7F6N3O. The molecule has 1 rings (SSSR count). The number of nitrogens with zero attached hydrogens (tertiary/aromatic N) is 3. The molecule has 0 aliphatic rings. The highest BCUT2D eigenvalue weighted by Crippen LogP contribution is 2.41. The minimum absolute atomic E-state index is 0.0660. The van der Waals surface area contributed by atoms with Crippen LogP contribution in [0.3, 0.4) is 0 Å². The Hall–Kier alpha value is -1.61. The number of ketones is 1. The lowest BCUT2D eigenvalue weighted by atomic mass is 10.0. The Morgan fingerprint density at radius 2 is 1.78 bits per heavy atom. The summed E-state index contributed by atoms with van der Waals surface area (Å²) < 4.78 is 74.5. The van der Waals surface area contributed by atoms with E-state index < -0.39 is 29.7 Å². The molecule has 0 spiro atoms. The third kappa shape index (κ3) is 2.79. The molecule has 0 N–H and O–H groups in total. The molecule has 4 nitrogen and oxygen atoms in total. The predicted octanol–water partition coefficient (Wildman–Crippen LogP) is 2.22. The van der Waals surface area contributed by atoms with E-state index in [2.05, 4.69) is 10.3 Å². The van der Waals surface area contributed by atoms with E-state index in [0.717, 1.165) is 0 Å². The molecule has 0 bridgehead atoms. The maximum atomic E-state index is 12.3. The van der Waals surface area contributed by atoms with Crippen molar-refractivity contribution in [2.24, 2.45) is 5.92 Å². The second-order valence-corrected chi connectivity index (χ2v) is 3.32. The minimum atomic E-state index is -5.71. The highest BCUT2D eigenvalue weighted by atomic mass is 19.4. The molecule has 0 amide bonds. The number of aryl methyl sites for hydroxylation is 1. The molecule has 0 aromatic carbocycles. The Balaban J connectivity index is 3.20. The fraction of sp³-hybridized carbons (Fsp3) is 0.625. The SMILES string of the molecule is CCn1nncc1C(=O)C(C(F)(F)F)C(F)(F)F. The van der Waals surface area contributed by atoms with Crippen LogP contribution in [0, 0.1) is 5.92 Å². The highest BCUT2D eigenvalue weighted by molar-refractivity contribution is 5.97. The summed E-state index contributed by atoms with van der Waals surface area (Å²) in [5.41, 5.74) is -0.822. The first-order chi connectivity index (χ1) is 8.09. The summed E-state index contributed by atoms with van der Waals surface area (Å²) >= 11 is 0. The first-order valence-corrected chi connectivity index (χ1v) is 4.65. The Bertz CT molecular complexity index is 421.